The molecule has 0 amide bonds. The Morgan fingerprint density at radius 2 is 2.11 bits per heavy atom. The SMILES string of the molecule is CC(C)(C)NCc1ccnc(C2CC3CCC2C3)n1. The summed E-state index contributed by atoms with van der Waals surface area (Å²) < 4.78 is 0. The van der Waals surface area contributed by atoms with E-state index in [1.54, 1.807) is 0 Å². The Morgan fingerprint density at radius 3 is 2.74 bits per heavy atom. The summed E-state index contributed by atoms with van der Waals surface area (Å²) >= 11 is 0. The van der Waals surface area contributed by atoms with E-state index in [0.29, 0.717) is 5.92 Å². The van der Waals surface area contributed by atoms with E-state index in [4.69, 9.17) is 4.98 Å². The van der Waals surface area contributed by atoms with Crippen molar-refractivity contribution in [2.24, 2.45) is 11.8 Å². The molecule has 0 aromatic carbocycles. The standard InChI is InChI=1S/C16H25N3/c1-16(2,3)18-10-13-6-7-17-15(19-13)14-9-11-4-5-12(14)8-11/h6-7,11-12,14,18H,4-5,8-10H2,1-3H3. The fourth-order valence-electron chi connectivity index (χ4n) is 3.61. The van der Waals surface area contributed by atoms with Gasteiger partial charge < -0.3 is 5.32 Å². The Hall–Kier alpha value is -0.960. The van der Waals surface area contributed by atoms with Gasteiger partial charge in [-0.2, -0.15) is 0 Å². The van der Waals surface area contributed by atoms with Gasteiger partial charge in [0, 0.05) is 24.2 Å². The van der Waals surface area contributed by atoms with Gasteiger partial charge in [-0.3, -0.25) is 0 Å². The molecule has 2 fully saturated rings. The number of hydrogen-bond acceptors (Lipinski definition) is 3. The second-order valence-corrected chi connectivity index (χ2v) is 7.29. The van der Waals surface area contributed by atoms with Gasteiger partial charge in [-0.05, 0) is 57.9 Å². The molecule has 2 saturated carbocycles. The van der Waals surface area contributed by atoms with Crippen LogP contribution in [-0.2, 0) is 6.54 Å². The Kier molecular flexibility index (Phi) is 3.34. The fourth-order valence-corrected chi connectivity index (χ4v) is 3.61. The minimum absolute atomic E-state index is 0.136. The maximum atomic E-state index is 4.80. The summed E-state index contributed by atoms with van der Waals surface area (Å²) in [6.07, 6.45) is 7.50. The lowest BCUT2D eigenvalue weighted by molar-refractivity contribution is 0.399. The van der Waals surface area contributed by atoms with Gasteiger partial charge in [-0.25, -0.2) is 9.97 Å². The van der Waals surface area contributed by atoms with Crippen LogP contribution in [0.4, 0.5) is 0 Å². The molecule has 0 saturated heterocycles. The smallest absolute Gasteiger partial charge is 0.131 e. The third-order valence-corrected chi connectivity index (χ3v) is 4.60. The largest absolute Gasteiger partial charge is 0.306 e. The van der Waals surface area contributed by atoms with E-state index in [0.717, 1.165) is 29.9 Å². The van der Waals surface area contributed by atoms with Crippen molar-refractivity contribution in [3.8, 4) is 0 Å². The van der Waals surface area contributed by atoms with Gasteiger partial charge in [-0.15, -0.1) is 0 Å². The van der Waals surface area contributed by atoms with Crippen molar-refractivity contribution < 1.29 is 0 Å². The topological polar surface area (TPSA) is 37.8 Å². The molecule has 1 heterocycles. The molecule has 0 radical (unpaired) electrons. The monoisotopic (exact) mass is 259 g/mol. The molecule has 2 aliphatic carbocycles. The van der Waals surface area contributed by atoms with Gasteiger partial charge in [0.15, 0.2) is 0 Å². The van der Waals surface area contributed by atoms with Gasteiger partial charge in [0.2, 0.25) is 0 Å². The molecular formula is C16H25N3. The van der Waals surface area contributed by atoms with Crippen molar-refractivity contribution in [1.29, 1.82) is 0 Å². The van der Waals surface area contributed by atoms with Crippen LogP contribution in [0.2, 0.25) is 0 Å². The average Bonchev–Trinajstić information content (AvgIpc) is 2.98. The summed E-state index contributed by atoms with van der Waals surface area (Å²) in [5.41, 5.74) is 1.26. The molecule has 3 unspecified atom stereocenters. The summed E-state index contributed by atoms with van der Waals surface area (Å²) in [5.74, 6) is 3.54. The Balaban J connectivity index is 1.70. The maximum absolute atomic E-state index is 4.80. The summed E-state index contributed by atoms with van der Waals surface area (Å²) in [7, 11) is 0. The molecule has 104 valence electrons. The number of nitrogens with one attached hydrogen (secondary N) is 1. The zero-order valence-corrected chi connectivity index (χ0v) is 12.3. The Morgan fingerprint density at radius 1 is 1.26 bits per heavy atom. The Labute approximate surface area is 116 Å². The number of hydrogen-bond donors (Lipinski definition) is 1. The first-order valence-corrected chi connectivity index (χ1v) is 7.58. The van der Waals surface area contributed by atoms with E-state index < -0.39 is 0 Å². The molecule has 1 aromatic rings. The van der Waals surface area contributed by atoms with E-state index in [1.807, 2.05) is 12.3 Å². The van der Waals surface area contributed by atoms with Crippen LogP contribution in [-0.4, -0.2) is 15.5 Å². The second kappa shape index (κ2) is 4.86. The molecule has 3 nitrogen and oxygen atoms in total. The van der Waals surface area contributed by atoms with E-state index in [1.165, 1.54) is 25.7 Å². The molecule has 19 heavy (non-hydrogen) atoms. The Bertz CT molecular complexity index is 450. The third-order valence-electron chi connectivity index (χ3n) is 4.60. The van der Waals surface area contributed by atoms with Crippen LogP contribution in [0.3, 0.4) is 0 Å². The lowest BCUT2D eigenvalue weighted by Crippen LogP contribution is -2.35. The van der Waals surface area contributed by atoms with Crippen molar-refractivity contribution in [3.63, 3.8) is 0 Å². The van der Waals surface area contributed by atoms with Crippen LogP contribution < -0.4 is 5.32 Å². The summed E-state index contributed by atoms with van der Waals surface area (Å²) in [6.45, 7) is 7.39. The first-order chi connectivity index (χ1) is 9.01. The van der Waals surface area contributed by atoms with Crippen LogP contribution in [0.25, 0.3) is 0 Å². The zero-order valence-electron chi connectivity index (χ0n) is 12.3. The van der Waals surface area contributed by atoms with Crippen molar-refractivity contribution in [1.82, 2.24) is 15.3 Å². The van der Waals surface area contributed by atoms with E-state index >= 15 is 0 Å². The van der Waals surface area contributed by atoms with Crippen LogP contribution in [0.1, 0.15) is 63.9 Å². The van der Waals surface area contributed by atoms with Crippen molar-refractivity contribution in [3.05, 3.63) is 23.8 Å². The van der Waals surface area contributed by atoms with Gasteiger partial charge in [0.1, 0.15) is 5.82 Å². The molecule has 0 aliphatic heterocycles. The van der Waals surface area contributed by atoms with E-state index in [9.17, 15) is 0 Å². The molecule has 2 bridgehead atoms. The first-order valence-electron chi connectivity index (χ1n) is 7.58. The molecule has 1 aromatic heterocycles. The molecule has 1 N–H and O–H groups in total. The summed E-state index contributed by atoms with van der Waals surface area (Å²) in [6, 6.07) is 2.04. The van der Waals surface area contributed by atoms with E-state index in [-0.39, 0.29) is 5.54 Å². The molecule has 3 heteroatoms. The van der Waals surface area contributed by atoms with E-state index in [2.05, 4.69) is 31.1 Å². The quantitative estimate of drug-likeness (QED) is 0.905. The first kappa shape index (κ1) is 13.0. The van der Waals surface area contributed by atoms with Crippen LogP contribution >= 0.6 is 0 Å². The average molecular weight is 259 g/mol. The highest BCUT2D eigenvalue weighted by atomic mass is 15.0. The summed E-state index contributed by atoms with van der Waals surface area (Å²) in [4.78, 5) is 9.35. The van der Waals surface area contributed by atoms with Crippen LogP contribution in [0.5, 0.6) is 0 Å². The highest BCUT2D eigenvalue weighted by Gasteiger charge is 2.41. The van der Waals surface area contributed by atoms with Crippen molar-refractivity contribution in [2.75, 3.05) is 0 Å². The maximum Gasteiger partial charge on any atom is 0.131 e. The molecule has 0 spiro atoms. The second-order valence-electron chi connectivity index (χ2n) is 7.29. The minimum Gasteiger partial charge on any atom is -0.306 e. The van der Waals surface area contributed by atoms with Gasteiger partial charge in [0.25, 0.3) is 0 Å². The van der Waals surface area contributed by atoms with Gasteiger partial charge in [-0.1, -0.05) is 6.42 Å². The summed E-state index contributed by atoms with van der Waals surface area (Å²) in [5, 5.41) is 3.50. The van der Waals surface area contributed by atoms with Gasteiger partial charge >= 0.3 is 0 Å². The molecule has 3 rings (SSSR count). The lowest BCUT2D eigenvalue weighted by Gasteiger charge is -2.22. The highest BCUT2D eigenvalue weighted by molar-refractivity contribution is 5.11. The number of fused-ring (bicyclic) bond motifs is 2. The fraction of sp³-hybridized carbons (Fsp3) is 0.750. The predicted octanol–water partition coefficient (Wildman–Crippen LogP) is 3.27. The highest BCUT2D eigenvalue weighted by Crippen LogP contribution is 2.51. The molecular weight excluding hydrogens is 234 g/mol. The van der Waals surface area contributed by atoms with Crippen molar-refractivity contribution in [2.45, 2.75) is 64.5 Å². The normalized spacial score (nSPS) is 29.9. The van der Waals surface area contributed by atoms with Crippen LogP contribution in [0.15, 0.2) is 12.3 Å². The number of rotatable bonds is 3. The zero-order chi connectivity index (χ0) is 13.5. The van der Waals surface area contributed by atoms with Crippen molar-refractivity contribution >= 4 is 0 Å². The molecule has 3 atom stereocenters. The predicted molar refractivity (Wildman–Crippen MR) is 76.8 cm³/mol. The number of nitrogens with zero attached hydrogens (tertiary/aromatic N) is 2. The minimum atomic E-state index is 0.136. The third kappa shape index (κ3) is 2.97. The number of aromatic nitrogens is 2. The van der Waals surface area contributed by atoms with Crippen LogP contribution in [0, 0.1) is 11.8 Å². The van der Waals surface area contributed by atoms with Gasteiger partial charge in [0.05, 0.1) is 5.69 Å². The molecule has 2 aliphatic rings. The lowest BCUT2D eigenvalue weighted by atomic mass is 9.88.